The van der Waals surface area contributed by atoms with E-state index in [1.165, 1.54) is 12.1 Å². The number of benzene rings is 2. The Bertz CT molecular complexity index is 1110. The Morgan fingerprint density at radius 1 is 1.10 bits per heavy atom. The second kappa shape index (κ2) is 9.05. The second-order valence-electron chi connectivity index (χ2n) is 6.41. The van der Waals surface area contributed by atoms with Crippen LogP contribution in [0.1, 0.15) is 34.8 Å². The summed E-state index contributed by atoms with van der Waals surface area (Å²) in [7, 11) is 0. The molecule has 6 nitrogen and oxygen atoms in total. The molecule has 0 aliphatic heterocycles. The van der Waals surface area contributed by atoms with Crippen LogP contribution in [0.15, 0.2) is 56.1 Å². The summed E-state index contributed by atoms with van der Waals surface area (Å²) in [6, 6.07) is 11.4. The number of esters is 2. The third kappa shape index (κ3) is 5.12. The van der Waals surface area contributed by atoms with E-state index in [-0.39, 0.29) is 18.1 Å². The Labute approximate surface area is 175 Å². The zero-order valence-electron chi connectivity index (χ0n) is 16.0. The third-order valence-electron chi connectivity index (χ3n) is 4.32. The van der Waals surface area contributed by atoms with Crippen LogP contribution in [0, 0.1) is 6.92 Å². The van der Waals surface area contributed by atoms with Crippen LogP contribution < -0.4 is 10.4 Å². The summed E-state index contributed by atoms with van der Waals surface area (Å²) in [6.45, 7) is 3.83. The van der Waals surface area contributed by atoms with Crippen LogP contribution in [-0.2, 0) is 16.0 Å². The molecule has 0 fully saturated rings. The molecule has 0 amide bonds. The van der Waals surface area contributed by atoms with Crippen molar-refractivity contribution in [2.24, 2.45) is 0 Å². The van der Waals surface area contributed by atoms with E-state index in [9.17, 15) is 14.4 Å². The standard InChI is InChI=1S/C22H19BrO6/c1-3-27-20(24)9-6-15-11-17-13(2)10-21(25)28-19(17)12-18(15)29-22(26)14-4-7-16(23)8-5-14/h4-5,7-8,10-12H,3,6,9H2,1-2H3. The lowest BCUT2D eigenvalue weighted by Gasteiger charge is -2.12. The Balaban J connectivity index is 1.98. The van der Waals surface area contributed by atoms with Crippen LogP contribution in [0.5, 0.6) is 5.75 Å². The fourth-order valence-electron chi connectivity index (χ4n) is 2.90. The summed E-state index contributed by atoms with van der Waals surface area (Å²) < 4.78 is 16.7. The SMILES string of the molecule is CCOC(=O)CCc1cc2c(C)cc(=O)oc2cc1OC(=O)c1ccc(Br)cc1. The van der Waals surface area contributed by atoms with Gasteiger partial charge in [0.1, 0.15) is 11.3 Å². The van der Waals surface area contributed by atoms with Crippen molar-refractivity contribution in [2.45, 2.75) is 26.7 Å². The minimum Gasteiger partial charge on any atom is -0.466 e. The molecule has 0 atom stereocenters. The number of hydrogen-bond acceptors (Lipinski definition) is 6. The summed E-state index contributed by atoms with van der Waals surface area (Å²) in [4.78, 5) is 36.1. The molecule has 0 aliphatic rings. The van der Waals surface area contributed by atoms with Crippen molar-refractivity contribution in [1.29, 1.82) is 0 Å². The van der Waals surface area contributed by atoms with Gasteiger partial charge in [-0.2, -0.15) is 0 Å². The van der Waals surface area contributed by atoms with E-state index in [1.807, 2.05) is 0 Å². The summed E-state index contributed by atoms with van der Waals surface area (Å²) in [6.07, 6.45) is 0.453. The van der Waals surface area contributed by atoms with Gasteiger partial charge in [0.25, 0.3) is 0 Å². The number of rotatable bonds is 6. The molecule has 0 N–H and O–H groups in total. The maximum Gasteiger partial charge on any atom is 0.343 e. The quantitative estimate of drug-likeness (QED) is 0.305. The first-order valence-electron chi connectivity index (χ1n) is 9.08. The zero-order valence-corrected chi connectivity index (χ0v) is 17.6. The number of carbonyl (C=O) groups excluding carboxylic acids is 2. The van der Waals surface area contributed by atoms with Crippen molar-refractivity contribution >= 4 is 38.8 Å². The Hall–Kier alpha value is -2.93. The van der Waals surface area contributed by atoms with Gasteiger partial charge in [-0.05, 0) is 61.7 Å². The topological polar surface area (TPSA) is 82.8 Å². The monoisotopic (exact) mass is 458 g/mol. The van der Waals surface area contributed by atoms with Crippen molar-refractivity contribution in [2.75, 3.05) is 6.61 Å². The van der Waals surface area contributed by atoms with Crippen molar-refractivity contribution in [1.82, 2.24) is 0 Å². The first kappa shape index (κ1) is 20.8. The molecule has 0 aliphatic carbocycles. The predicted octanol–water partition coefficient (Wildman–Crippen LogP) is 4.58. The van der Waals surface area contributed by atoms with Crippen LogP contribution in [0.2, 0.25) is 0 Å². The lowest BCUT2D eigenvalue weighted by atomic mass is 10.0. The first-order chi connectivity index (χ1) is 13.9. The van der Waals surface area contributed by atoms with Crippen LogP contribution in [0.25, 0.3) is 11.0 Å². The lowest BCUT2D eigenvalue weighted by Crippen LogP contribution is -2.11. The highest BCUT2D eigenvalue weighted by molar-refractivity contribution is 9.10. The Kier molecular flexibility index (Phi) is 6.49. The van der Waals surface area contributed by atoms with E-state index in [0.29, 0.717) is 35.1 Å². The maximum atomic E-state index is 12.6. The summed E-state index contributed by atoms with van der Waals surface area (Å²) in [5.41, 5.74) is 1.58. The minimum atomic E-state index is -0.552. The fourth-order valence-corrected chi connectivity index (χ4v) is 3.16. The van der Waals surface area contributed by atoms with E-state index < -0.39 is 11.6 Å². The number of ether oxygens (including phenoxy) is 2. The normalized spacial score (nSPS) is 10.7. The van der Waals surface area contributed by atoms with E-state index >= 15 is 0 Å². The summed E-state index contributed by atoms with van der Waals surface area (Å²) in [5.74, 6) is -0.651. The molecule has 0 saturated carbocycles. The number of aryl methyl sites for hydroxylation is 2. The molecule has 1 aromatic heterocycles. The molecule has 3 rings (SSSR count). The van der Waals surface area contributed by atoms with Gasteiger partial charge in [-0.3, -0.25) is 4.79 Å². The molecule has 0 unspecified atom stereocenters. The molecule has 0 spiro atoms. The van der Waals surface area contributed by atoms with Gasteiger partial charge in [0, 0.05) is 28.4 Å². The highest BCUT2D eigenvalue weighted by Gasteiger charge is 2.16. The molecule has 1 heterocycles. The molecule has 7 heteroatoms. The average molecular weight is 459 g/mol. The zero-order chi connectivity index (χ0) is 21.0. The van der Waals surface area contributed by atoms with Gasteiger partial charge in [0.05, 0.1) is 12.2 Å². The van der Waals surface area contributed by atoms with Crippen molar-refractivity contribution in [3.63, 3.8) is 0 Å². The second-order valence-corrected chi connectivity index (χ2v) is 7.32. The van der Waals surface area contributed by atoms with Crippen LogP contribution in [0.4, 0.5) is 0 Å². The first-order valence-corrected chi connectivity index (χ1v) is 9.87. The summed E-state index contributed by atoms with van der Waals surface area (Å²) >= 11 is 3.32. The van der Waals surface area contributed by atoms with Gasteiger partial charge < -0.3 is 13.9 Å². The molecule has 150 valence electrons. The summed E-state index contributed by atoms with van der Waals surface area (Å²) in [5, 5.41) is 0.715. The van der Waals surface area contributed by atoms with E-state index in [0.717, 1.165) is 10.0 Å². The number of fused-ring (bicyclic) bond motifs is 1. The van der Waals surface area contributed by atoms with Crippen molar-refractivity contribution in [3.05, 3.63) is 74.0 Å². The average Bonchev–Trinajstić information content (AvgIpc) is 2.67. The number of halogens is 1. The van der Waals surface area contributed by atoms with Gasteiger partial charge >= 0.3 is 17.6 Å². The largest absolute Gasteiger partial charge is 0.466 e. The van der Waals surface area contributed by atoms with Crippen molar-refractivity contribution < 1.29 is 23.5 Å². The molecule has 3 aromatic rings. The smallest absolute Gasteiger partial charge is 0.343 e. The number of carbonyl (C=O) groups is 2. The van der Waals surface area contributed by atoms with Crippen molar-refractivity contribution in [3.8, 4) is 5.75 Å². The highest BCUT2D eigenvalue weighted by Crippen LogP contribution is 2.29. The van der Waals surface area contributed by atoms with Crippen LogP contribution in [-0.4, -0.2) is 18.5 Å². The van der Waals surface area contributed by atoms with Gasteiger partial charge in [-0.1, -0.05) is 15.9 Å². The van der Waals surface area contributed by atoms with Crippen LogP contribution >= 0.6 is 15.9 Å². The van der Waals surface area contributed by atoms with E-state index in [2.05, 4.69) is 15.9 Å². The minimum absolute atomic E-state index is 0.137. The van der Waals surface area contributed by atoms with E-state index in [1.54, 1.807) is 44.2 Å². The fraction of sp³-hybridized carbons (Fsp3) is 0.227. The molecule has 0 bridgehead atoms. The highest BCUT2D eigenvalue weighted by atomic mass is 79.9. The van der Waals surface area contributed by atoms with E-state index in [4.69, 9.17) is 13.9 Å². The molecule has 29 heavy (non-hydrogen) atoms. The van der Waals surface area contributed by atoms with Gasteiger partial charge in [0.2, 0.25) is 0 Å². The Morgan fingerprint density at radius 2 is 1.83 bits per heavy atom. The predicted molar refractivity (Wildman–Crippen MR) is 111 cm³/mol. The molecular weight excluding hydrogens is 440 g/mol. The molecule has 0 saturated heterocycles. The van der Waals surface area contributed by atoms with Gasteiger partial charge in [-0.25, -0.2) is 9.59 Å². The Morgan fingerprint density at radius 3 is 2.52 bits per heavy atom. The molecule has 0 radical (unpaired) electrons. The maximum absolute atomic E-state index is 12.6. The van der Waals surface area contributed by atoms with Gasteiger partial charge in [-0.15, -0.1) is 0 Å². The molecular formula is C22H19BrO6. The van der Waals surface area contributed by atoms with Crippen LogP contribution in [0.3, 0.4) is 0 Å². The van der Waals surface area contributed by atoms with Gasteiger partial charge in [0.15, 0.2) is 0 Å². The molecule has 2 aromatic carbocycles. The third-order valence-corrected chi connectivity index (χ3v) is 4.85. The lowest BCUT2D eigenvalue weighted by molar-refractivity contribution is -0.143. The number of hydrogen-bond donors (Lipinski definition) is 0.